The molecule has 0 spiro atoms. The molecule has 0 heterocycles. The lowest BCUT2D eigenvalue weighted by Gasteiger charge is -2.14. The van der Waals surface area contributed by atoms with Gasteiger partial charge >= 0.3 is 0 Å². The number of nitrogens with one attached hydrogen (secondary N) is 1. The second kappa shape index (κ2) is 6.83. The van der Waals surface area contributed by atoms with Crippen molar-refractivity contribution in [3.8, 4) is 0 Å². The van der Waals surface area contributed by atoms with Crippen molar-refractivity contribution in [3.05, 3.63) is 0 Å². The normalized spacial score (nSPS) is 25.5. The zero-order chi connectivity index (χ0) is 11.1. The van der Waals surface area contributed by atoms with E-state index in [4.69, 9.17) is 5.11 Å². The van der Waals surface area contributed by atoms with E-state index in [-0.39, 0.29) is 18.4 Å². The molecule has 88 valence electrons. The number of aliphatic hydroxyl groups excluding tert-OH is 1. The maximum absolute atomic E-state index is 11.7. The summed E-state index contributed by atoms with van der Waals surface area (Å²) in [7, 11) is 0. The fourth-order valence-corrected chi connectivity index (χ4v) is 2.29. The van der Waals surface area contributed by atoms with Gasteiger partial charge in [-0.3, -0.25) is 4.79 Å². The molecular formula is C12H23NO2. The van der Waals surface area contributed by atoms with Gasteiger partial charge in [-0.15, -0.1) is 0 Å². The number of carbonyl (C=O) groups is 1. The Bertz CT molecular complexity index is 194. The van der Waals surface area contributed by atoms with Gasteiger partial charge in [0.05, 0.1) is 0 Å². The minimum absolute atomic E-state index is 0.240. The summed E-state index contributed by atoms with van der Waals surface area (Å²) in [4.78, 5) is 11.7. The first-order chi connectivity index (χ1) is 7.25. The zero-order valence-electron chi connectivity index (χ0n) is 9.67. The zero-order valence-corrected chi connectivity index (χ0v) is 9.67. The van der Waals surface area contributed by atoms with Crippen molar-refractivity contribution < 1.29 is 9.90 Å². The summed E-state index contributed by atoms with van der Waals surface area (Å²) in [6.45, 7) is 3.19. The van der Waals surface area contributed by atoms with Crippen LogP contribution in [-0.4, -0.2) is 24.2 Å². The van der Waals surface area contributed by atoms with E-state index < -0.39 is 0 Å². The van der Waals surface area contributed by atoms with Crippen molar-refractivity contribution in [3.63, 3.8) is 0 Å². The van der Waals surface area contributed by atoms with Crippen LogP contribution >= 0.6 is 0 Å². The van der Waals surface area contributed by atoms with Crippen LogP contribution < -0.4 is 5.32 Å². The highest BCUT2D eigenvalue weighted by Crippen LogP contribution is 2.31. The minimum Gasteiger partial charge on any atom is -0.396 e. The number of amides is 1. The third-order valence-electron chi connectivity index (χ3n) is 3.33. The van der Waals surface area contributed by atoms with Gasteiger partial charge in [-0.25, -0.2) is 0 Å². The Labute approximate surface area is 92.3 Å². The van der Waals surface area contributed by atoms with Crippen molar-refractivity contribution in [1.29, 1.82) is 0 Å². The van der Waals surface area contributed by atoms with Crippen LogP contribution in [0.4, 0.5) is 0 Å². The lowest BCUT2D eigenvalue weighted by Crippen LogP contribution is -2.32. The summed E-state index contributed by atoms with van der Waals surface area (Å²) < 4.78 is 0. The van der Waals surface area contributed by atoms with Gasteiger partial charge in [-0.1, -0.05) is 13.3 Å². The summed E-state index contributed by atoms with van der Waals surface area (Å²) >= 11 is 0. The standard InChI is InChI=1S/C12H23NO2/c1-10-6-5-7-11(10)12(15)13-8-3-2-4-9-14/h10-11,14H,2-9H2,1H3,(H,13,15). The van der Waals surface area contributed by atoms with Crippen molar-refractivity contribution in [2.75, 3.05) is 13.2 Å². The van der Waals surface area contributed by atoms with E-state index in [1.807, 2.05) is 0 Å². The molecule has 0 aromatic carbocycles. The first kappa shape index (κ1) is 12.5. The Morgan fingerprint density at radius 1 is 1.33 bits per heavy atom. The summed E-state index contributed by atoms with van der Waals surface area (Å²) in [5.41, 5.74) is 0. The monoisotopic (exact) mass is 213 g/mol. The molecule has 2 N–H and O–H groups in total. The highest BCUT2D eigenvalue weighted by atomic mass is 16.2. The van der Waals surface area contributed by atoms with Gasteiger partial charge in [0.15, 0.2) is 0 Å². The van der Waals surface area contributed by atoms with Crippen LogP contribution in [0.15, 0.2) is 0 Å². The van der Waals surface area contributed by atoms with Gasteiger partial charge in [0, 0.05) is 19.1 Å². The van der Waals surface area contributed by atoms with E-state index in [2.05, 4.69) is 12.2 Å². The third kappa shape index (κ3) is 4.20. The molecule has 0 radical (unpaired) electrons. The van der Waals surface area contributed by atoms with Crippen molar-refractivity contribution >= 4 is 5.91 Å². The molecule has 1 amide bonds. The maximum Gasteiger partial charge on any atom is 0.223 e. The Balaban J connectivity index is 2.08. The number of rotatable bonds is 6. The summed E-state index contributed by atoms with van der Waals surface area (Å²) in [5, 5.41) is 11.6. The van der Waals surface area contributed by atoms with Gasteiger partial charge < -0.3 is 10.4 Å². The molecule has 15 heavy (non-hydrogen) atoms. The summed E-state index contributed by atoms with van der Waals surface area (Å²) in [6.07, 6.45) is 6.27. The Kier molecular flexibility index (Phi) is 5.69. The topological polar surface area (TPSA) is 49.3 Å². The molecule has 1 aliphatic rings. The first-order valence-electron chi connectivity index (χ1n) is 6.14. The average molecular weight is 213 g/mol. The molecule has 1 aliphatic carbocycles. The average Bonchev–Trinajstić information content (AvgIpc) is 2.64. The second-order valence-electron chi connectivity index (χ2n) is 4.59. The first-order valence-corrected chi connectivity index (χ1v) is 6.14. The van der Waals surface area contributed by atoms with E-state index in [0.29, 0.717) is 5.92 Å². The highest BCUT2D eigenvalue weighted by molar-refractivity contribution is 5.79. The molecule has 1 saturated carbocycles. The fourth-order valence-electron chi connectivity index (χ4n) is 2.29. The molecule has 0 aliphatic heterocycles. The van der Waals surface area contributed by atoms with Crippen molar-refractivity contribution in [2.24, 2.45) is 11.8 Å². The Hall–Kier alpha value is -0.570. The Morgan fingerprint density at radius 2 is 2.13 bits per heavy atom. The molecule has 0 bridgehead atoms. The SMILES string of the molecule is CC1CCCC1C(=O)NCCCCCO. The van der Waals surface area contributed by atoms with Crippen molar-refractivity contribution in [2.45, 2.75) is 45.4 Å². The number of hydrogen-bond donors (Lipinski definition) is 2. The molecule has 1 fully saturated rings. The second-order valence-corrected chi connectivity index (χ2v) is 4.59. The molecule has 2 atom stereocenters. The highest BCUT2D eigenvalue weighted by Gasteiger charge is 2.29. The van der Waals surface area contributed by atoms with E-state index in [0.717, 1.165) is 32.2 Å². The van der Waals surface area contributed by atoms with Gasteiger partial charge in [-0.05, 0) is 38.0 Å². The van der Waals surface area contributed by atoms with Crippen LogP contribution in [0.25, 0.3) is 0 Å². The van der Waals surface area contributed by atoms with Crippen LogP contribution in [0.3, 0.4) is 0 Å². The quantitative estimate of drug-likeness (QED) is 0.660. The van der Waals surface area contributed by atoms with E-state index >= 15 is 0 Å². The minimum atomic E-state index is 0.240. The van der Waals surface area contributed by atoms with E-state index in [9.17, 15) is 4.79 Å². The largest absolute Gasteiger partial charge is 0.396 e. The van der Waals surface area contributed by atoms with Gasteiger partial charge in [0.25, 0.3) is 0 Å². The van der Waals surface area contributed by atoms with Gasteiger partial charge in [-0.2, -0.15) is 0 Å². The van der Waals surface area contributed by atoms with Crippen LogP contribution in [0.1, 0.15) is 45.4 Å². The van der Waals surface area contributed by atoms with Crippen LogP contribution in [0.5, 0.6) is 0 Å². The fraction of sp³-hybridized carbons (Fsp3) is 0.917. The van der Waals surface area contributed by atoms with E-state index in [1.165, 1.54) is 12.8 Å². The number of unbranched alkanes of at least 4 members (excludes halogenated alkanes) is 2. The predicted molar refractivity (Wildman–Crippen MR) is 60.5 cm³/mol. The number of aliphatic hydroxyl groups is 1. The lowest BCUT2D eigenvalue weighted by molar-refractivity contribution is -0.125. The maximum atomic E-state index is 11.7. The molecular weight excluding hydrogens is 190 g/mol. The summed E-state index contributed by atoms with van der Waals surface area (Å²) in [6, 6.07) is 0. The van der Waals surface area contributed by atoms with Gasteiger partial charge in [0.2, 0.25) is 5.91 Å². The van der Waals surface area contributed by atoms with Crippen molar-refractivity contribution in [1.82, 2.24) is 5.32 Å². The molecule has 3 nitrogen and oxygen atoms in total. The summed E-state index contributed by atoms with van der Waals surface area (Å²) in [5.74, 6) is 1.05. The van der Waals surface area contributed by atoms with Crippen LogP contribution in [0.2, 0.25) is 0 Å². The molecule has 0 saturated heterocycles. The molecule has 0 aromatic heterocycles. The number of carbonyl (C=O) groups excluding carboxylic acids is 1. The molecule has 1 rings (SSSR count). The third-order valence-corrected chi connectivity index (χ3v) is 3.33. The predicted octanol–water partition coefficient (Wildman–Crippen LogP) is 1.70. The van der Waals surface area contributed by atoms with E-state index in [1.54, 1.807) is 0 Å². The molecule has 2 unspecified atom stereocenters. The van der Waals surface area contributed by atoms with Gasteiger partial charge in [0.1, 0.15) is 0 Å². The number of hydrogen-bond acceptors (Lipinski definition) is 2. The Morgan fingerprint density at radius 3 is 2.73 bits per heavy atom. The van der Waals surface area contributed by atoms with Crippen LogP contribution in [0, 0.1) is 11.8 Å². The smallest absolute Gasteiger partial charge is 0.223 e. The van der Waals surface area contributed by atoms with Crippen LogP contribution in [-0.2, 0) is 4.79 Å². The molecule has 3 heteroatoms. The lowest BCUT2D eigenvalue weighted by atomic mass is 9.97. The molecule has 0 aromatic rings.